The number of nitrogens with two attached hydrogens (primary N) is 2. The first kappa shape index (κ1) is 10.4. The molecule has 0 aliphatic heterocycles. The molecule has 0 amide bonds. The summed E-state index contributed by atoms with van der Waals surface area (Å²) in [5.41, 5.74) is 11.1. The van der Waals surface area contributed by atoms with Crippen LogP contribution in [0.5, 0.6) is 5.75 Å². The smallest absolute Gasteiger partial charge is 0.311 e. The maximum Gasteiger partial charge on any atom is 0.311 e. The van der Waals surface area contributed by atoms with Gasteiger partial charge in [-0.3, -0.25) is 10.1 Å². The molecule has 1 rings (SSSR count). The van der Waals surface area contributed by atoms with Crippen LogP contribution in [0.1, 0.15) is 11.6 Å². The van der Waals surface area contributed by atoms with E-state index in [0.29, 0.717) is 5.56 Å². The molecule has 1 aromatic rings. The molecular formula is C8H11N3O3. The van der Waals surface area contributed by atoms with E-state index in [0.717, 1.165) is 0 Å². The quantitative estimate of drug-likeness (QED) is 0.474. The van der Waals surface area contributed by atoms with Crippen molar-refractivity contribution in [3.8, 4) is 5.75 Å². The molecule has 0 aliphatic carbocycles. The minimum Gasteiger partial charge on any atom is -0.502 e. The van der Waals surface area contributed by atoms with Crippen LogP contribution in [0.4, 0.5) is 5.69 Å². The van der Waals surface area contributed by atoms with Crippen LogP contribution in [0, 0.1) is 10.1 Å². The summed E-state index contributed by atoms with van der Waals surface area (Å²) in [6, 6.07) is 3.53. The Kier molecular flexibility index (Phi) is 3.00. The molecule has 0 saturated carbocycles. The Labute approximate surface area is 80.3 Å². The van der Waals surface area contributed by atoms with Crippen LogP contribution in [0.15, 0.2) is 18.2 Å². The second-order valence-corrected chi connectivity index (χ2v) is 2.85. The van der Waals surface area contributed by atoms with Crippen molar-refractivity contribution < 1.29 is 10.0 Å². The largest absolute Gasteiger partial charge is 0.502 e. The summed E-state index contributed by atoms with van der Waals surface area (Å²) in [6.07, 6.45) is 0. The molecule has 14 heavy (non-hydrogen) atoms. The van der Waals surface area contributed by atoms with Gasteiger partial charge in [-0.2, -0.15) is 0 Å². The Morgan fingerprint density at radius 3 is 2.71 bits per heavy atom. The summed E-state index contributed by atoms with van der Waals surface area (Å²) < 4.78 is 0. The van der Waals surface area contributed by atoms with E-state index in [4.69, 9.17) is 16.6 Å². The SMILES string of the molecule is NC[C@@H](N)c1ccc(O)c([N+](=O)[O-])c1. The fraction of sp³-hybridized carbons (Fsp3) is 0.250. The number of hydrogen-bond acceptors (Lipinski definition) is 5. The number of phenolic OH excluding ortho intramolecular Hbond substituents is 1. The Hall–Kier alpha value is -1.66. The Morgan fingerprint density at radius 1 is 1.57 bits per heavy atom. The van der Waals surface area contributed by atoms with Crippen LogP contribution >= 0.6 is 0 Å². The third-order valence-electron chi connectivity index (χ3n) is 1.88. The van der Waals surface area contributed by atoms with Crippen LogP contribution in [0.3, 0.4) is 0 Å². The minimum absolute atomic E-state index is 0.196. The topological polar surface area (TPSA) is 115 Å². The predicted octanol–water partition coefficient (Wildman–Crippen LogP) is 0.259. The monoisotopic (exact) mass is 197 g/mol. The van der Waals surface area contributed by atoms with Crippen LogP contribution in [0.25, 0.3) is 0 Å². The van der Waals surface area contributed by atoms with Crippen LogP contribution < -0.4 is 11.5 Å². The summed E-state index contributed by atoms with van der Waals surface area (Å²) in [7, 11) is 0. The van der Waals surface area contributed by atoms with Gasteiger partial charge in [0.1, 0.15) is 0 Å². The number of aromatic hydroxyl groups is 1. The van der Waals surface area contributed by atoms with Crippen LogP contribution in [-0.2, 0) is 0 Å². The number of rotatable bonds is 3. The molecule has 1 atom stereocenters. The number of phenols is 1. The number of benzene rings is 1. The molecule has 0 radical (unpaired) electrons. The zero-order valence-electron chi connectivity index (χ0n) is 7.38. The van der Waals surface area contributed by atoms with Gasteiger partial charge in [0.2, 0.25) is 0 Å². The van der Waals surface area contributed by atoms with Gasteiger partial charge < -0.3 is 16.6 Å². The number of nitro benzene ring substituents is 1. The van der Waals surface area contributed by atoms with Gasteiger partial charge in [0.05, 0.1) is 4.92 Å². The van der Waals surface area contributed by atoms with Crippen molar-refractivity contribution in [2.45, 2.75) is 6.04 Å². The van der Waals surface area contributed by atoms with Gasteiger partial charge in [-0.25, -0.2) is 0 Å². The number of hydrogen-bond donors (Lipinski definition) is 3. The zero-order valence-corrected chi connectivity index (χ0v) is 7.38. The van der Waals surface area contributed by atoms with Gasteiger partial charge in [-0.05, 0) is 11.6 Å². The van der Waals surface area contributed by atoms with E-state index in [9.17, 15) is 10.1 Å². The van der Waals surface area contributed by atoms with Crippen LogP contribution in [0.2, 0.25) is 0 Å². The van der Waals surface area contributed by atoms with E-state index in [1.54, 1.807) is 0 Å². The molecule has 76 valence electrons. The normalized spacial score (nSPS) is 12.4. The van der Waals surface area contributed by atoms with E-state index in [2.05, 4.69) is 0 Å². The van der Waals surface area contributed by atoms with Crippen molar-refractivity contribution in [2.75, 3.05) is 6.54 Å². The number of nitro groups is 1. The predicted molar refractivity (Wildman–Crippen MR) is 50.7 cm³/mol. The molecule has 0 bridgehead atoms. The van der Waals surface area contributed by atoms with Gasteiger partial charge in [-0.15, -0.1) is 0 Å². The molecule has 0 saturated heterocycles. The lowest BCUT2D eigenvalue weighted by molar-refractivity contribution is -0.385. The van der Waals surface area contributed by atoms with E-state index in [1.807, 2.05) is 0 Å². The third-order valence-corrected chi connectivity index (χ3v) is 1.88. The summed E-state index contributed by atoms with van der Waals surface area (Å²) >= 11 is 0. The molecular weight excluding hydrogens is 186 g/mol. The Morgan fingerprint density at radius 2 is 2.21 bits per heavy atom. The zero-order chi connectivity index (χ0) is 10.7. The van der Waals surface area contributed by atoms with Gasteiger partial charge in [0.15, 0.2) is 5.75 Å². The lowest BCUT2D eigenvalue weighted by atomic mass is 10.1. The summed E-state index contributed by atoms with van der Waals surface area (Å²) in [4.78, 5) is 9.79. The Bertz CT molecular complexity index is 354. The first-order chi connectivity index (χ1) is 6.56. The Balaban J connectivity index is 3.12. The molecule has 0 unspecified atom stereocenters. The second-order valence-electron chi connectivity index (χ2n) is 2.85. The molecule has 5 N–H and O–H groups in total. The fourth-order valence-corrected chi connectivity index (χ4v) is 1.05. The molecule has 6 nitrogen and oxygen atoms in total. The first-order valence-corrected chi connectivity index (χ1v) is 3.99. The highest BCUT2D eigenvalue weighted by Crippen LogP contribution is 2.27. The van der Waals surface area contributed by atoms with Gasteiger partial charge in [0, 0.05) is 18.7 Å². The minimum atomic E-state index is -0.665. The molecule has 0 aliphatic rings. The van der Waals surface area contributed by atoms with Gasteiger partial charge >= 0.3 is 5.69 Å². The average Bonchev–Trinajstić information content (AvgIpc) is 2.17. The lowest BCUT2D eigenvalue weighted by Gasteiger charge is -2.08. The van der Waals surface area contributed by atoms with E-state index >= 15 is 0 Å². The van der Waals surface area contributed by atoms with Crippen molar-refractivity contribution in [3.63, 3.8) is 0 Å². The first-order valence-electron chi connectivity index (χ1n) is 3.99. The van der Waals surface area contributed by atoms with E-state index in [1.165, 1.54) is 18.2 Å². The molecule has 0 aromatic heterocycles. The highest BCUT2D eigenvalue weighted by molar-refractivity contribution is 5.48. The van der Waals surface area contributed by atoms with Crippen molar-refractivity contribution in [3.05, 3.63) is 33.9 Å². The molecule has 0 heterocycles. The average molecular weight is 197 g/mol. The number of nitrogens with zero attached hydrogens (tertiary/aromatic N) is 1. The molecule has 0 spiro atoms. The third kappa shape index (κ3) is 1.98. The lowest BCUT2D eigenvalue weighted by Crippen LogP contribution is -2.20. The van der Waals surface area contributed by atoms with Crippen molar-refractivity contribution in [2.24, 2.45) is 11.5 Å². The maximum atomic E-state index is 10.5. The van der Waals surface area contributed by atoms with Gasteiger partial charge in [-0.1, -0.05) is 6.07 Å². The van der Waals surface area contributed by atoms with Crippen molar-refractivity contribution in [1.29, 1.82) is 0 Å². The van der Waals surface area contributed by atoms with E-state index < -0.39 is 11.0 Å². The van der Waals surface area contributed by atoms with Crippen LogP contribution in [-0.4, -0.2) is 16.6 Å². The fourth-order valence-electron chi connectivity index (χ4n) is 1.05. The van der Waals surface area contributed by atoms with Crippen molar-refractivity contribution >= 4 is 5.69 Å². The molecule has 1 aromatic carbocycles. The highest BCUT2D eigenvalue weighted by atomic mass is 16.6. The second kappa shape index (κ2) is 4.03. The summed E-state index contributed by atoms with van der Waals surface area (Å²) in [6.45, 7) is 0.196. The summed E-state index contributed by atoms with van der Waals surface area (Å²) in [5, 5.41) is 19.6. The maximum absolute atomic E-state index is 10.5. The van der Waals surface area contributed by atoms with Gasteiger partial charge in [0.25, 0.3) is 0 Å². The molecule has 6 heteroatoms. The highest BCUT2D eigenvalue weighted by Gasteiger charge is 2.15. The summed E-state index contributed by atoms with van der Waals surface area (Å²) in [5.74, 6) is -0.372. The van der Waals surface area contributed by atoms with Crippen molar-refractivity contribution in [1.82, 2.24) is 0 Å². The van der Waals surface area contributed by atoms with E-state index in [-0.39, 0.29) is 18.0 Å². The standard InChI is InChI=1S/C8H11N3O3/c9-4-6(10)5-1-2-8(12)7(3-5)11(13)14/h1-3,6,12H,4,9-10H2/t6-/m1/s1. The molecule has 0 fully saturated rings.